The van der Waals surface area contributed by atoms with Crippen molar-refractivity contribution in [1.29, 1.82) is 0 Å². The van der Waals surface area contributed by atoms with Crippen molar-refractivity contribution in [2.75, 3.05) is 7.11 Å². The van der Waals surface area contributed by atoms with Crippen molar-refractivity contribution in [3.63, 3.8) is 0 Å². The number of methoxy groups -OCH3 is 1. The van der Waals surface area contributed by atoms with E-state index in [-0.39, 0.29) is 22.6 Å². The number of aromatic hydroxyl groups is 1. The summed E-state index contributed by atoms with van der Waals surface area (Å²) in [6.45, 7) is 1.54. The molecule has 7 nitrogen and oxygen atoms in total. The van der Waals surface area contributed by atoms with Crippen molar-refractivity contribution in [2.45, 2.75) is 6.92 Å². The third-order valence-corrected chi connectivity index (χ3v) is 3.09. The molecule has 2 rings (SSSR count). The lowest BCUT2D eigenvalue weighted by Gasteiger charge is -2.14. The zero-order chi connectivity index (χ0) is 16.4. The molecule has 0 saturated carbocycles. The summed E-state index contributed by atoms with van der Waals surface area (Å²) in [5, 5.41) is 18.7. The molecule has 0 atom stereocenters. The Morgan fingerprint density at radius 1 is 1.18 bits per heavy atom. The van der Waals surface area contributed by atoms with E-state index in [1.54, 1.807) is 0 Å². The fourth-order valence-corrected chi connectivity index (χ4v) is 2.14. The summed E-state index contributed by atoms with van der Waals surface area (Å²) >= 11 is 0. The molecule has 0 fully saturated rings. The lowest BCUT2D eigenvalue weighted by molar-refractivity contribution is 0.0598. The fraction of sp³-hybridized carbons (Fsp3) is 0.133. The highest BCUT2D eigenvalue weighted by molar-refractivity contribution is 5.96. The maximum Gasteiger partial charge on any atom is 0.337 e. The van der Waals surface area contributed by atoms with Crippen LogP contribution in [0.3, 0.4) is 0 Å². The Labute approximate surface area is 125 Å². The van der Waals surface area contributed by atoms with Crippen molar-refractivity contribution in [3.8, 4) is 11.4 Å². The molecular weight excluding hydrogens is 290 g/mol. The van der Waals surface area contributed by atoms with E-state index < -0.39 is 17.5 Å². The highest BCUT2D eigenvalue weighted by Crippen LogP contribution is 2.19. The van der Waals surface area contributed by atoms with E-state index in [0.29, 0.717) is 5.69 Å². The number of aryl methyl sites for hydroxylation is 1. The number of carbonyl (C=O) groups is 2. The average Bonchev–Trinajstić information content (AvgIpc) is 2.45. The maximum absolute atomic E-state index is 12.1. The summed E-state index contributed by atoms with van der Waals surface area (Å²) in [4.78, 5) is 35.0. The van der Waals surface area contributed by atoms with Crippen LogP contribution in [0.5, 0.6) is 5.75 Å². The molecule has 0 spiro atoms. The van der Waals surface area contributed by atoms with Crippen LogP contribution in [0.4, 0.5) is 0 Å². The Kier molecular flexibility index (Phi) is 3.98. The molecule has 114 valence electrons. The van der Waals surface area contributed by atoms with Gasteiger partial charge in [0.1, 0.15) is 5.75 Å². The standard InChI is InChI=1S/C15H13NO6/c1-8-5-10(17)7-13(18)16(8)12-6-9(15(21)22-2)3-4-11(12)14(19)20/h3-7,17H,1-2H3,(H,19,20). The van der Waals surface area contributed by atoms with E-state index in [0.717, 1.165) is 10.6 Å². The van der Waals surface area contributed by atoms with Crippen LogP contribution in [0.2, 0.25) is 0 Å². The number of nitrogens with zero attached hydrogens (tertiary/aromatic N) is 1. The molecule has 2 N–H and O–H groups in total. The second-order valence-electron chi connectivity index (χ2n) is 4.56. The molecule has 1 aromatic carbocycles. The van der Waals surface area contributed by atoms with Crippen LogP contribution in [0.15, 0.2) is 35.1 Å². The Morgan fingerprint density at radius 3 is 2.41 bits per heavy atom. The topological polar surface area (TPSA) is 106 Å². The second-order valence-corrected chi connectivity index (χ2v) is 4.56. The van der Waals surface area contributed by atoms with Gasteiger partial charge in [0.15, 0.2) is 0 Å². The molecule has 0 unspecified atom stereocenters. The summed E-state index contributed by atoms with van der Waals surface area (Å²) in [7, 11) is 1.20. The van der Waals surface area contributed by atoms with Gasteiger partial charge in [-0.3, -0.25) is 9.36 Å². The first-order chi connectivity index (χ1) is 10.3. The van der Waals surface area contributed by atoms with E-state index in [9.17, 15) is 24.6 Å². The summed E-state index contributed by atoms with van der Waals surface area (Å²) in [5.41, 5.74) is -0.292. The van der Waals surface area contributed by atoms with Crippen molar-refractivity contribution < 1.29 is 24.5 Å². The molecule has 0 radical (unpaired) electrons. The van der Waals surface area contributed by atoms with E-state index in [4.69, 9.17) is 0 Å². The minimum atomic E-state index is -1.24. The minimum Gasteiger partial charge on any atom is -0.508 e. The Hall–Kier alpha value is -3.09. The zero-order valence-electron chi connectivity index (χ0n) is 11.9. The fourth-order valence-electron chi connectivity index (χ4n) is 2.14. The van der Waals surface area contributed by atoms with Crippen LogP contribution >= 0.6 is 0 Å². The number of rotatable bonds is 3. The first-order valence-electron chi connectivity index (χ1n) is 6.24. The number of hydrogen-bond acceptors (Lipinski definition) is 5. The molecule has 0 aliphatic rings. The van der Waals surface area contributed by atoms with Gasteiger partial charge in [-0.2, -0.15) is 0 Å². The van der Waals surface area contributed by atoms with E-state index in [2.05, 4.69) is 4.74 Å². The number of aromatic carboxylic acids is 1. The third-order valence-electron chi connectivity index (χ3n) is 3.09. The summed E-state index contributed by atoms with van der Waals surface area (Å²) in [5.74, 6) is -2.12. The molecule has 2 aromatic rings. The second kappa shape index (κ2) is 5.72. The summed E-state index contributed by atoms with van der Waals surface area (Å²) < 4.78 is 5.70. The number of aromatic nitrogens is 1. The van der Waals surface area contributed by atoms with E-state index in [1.165, 1.54) is 38.3 Å². The first kappa shape index (κ1) is 15.3. The molecule has 1 heterocycles. The quantitative estimate of drug-likeness (QED) is 0.829. The molecule has 0 aliphatic heterocycles. The van der Waals surface area contributed by atoms with Gasteiger partial charge in [-0.25, -0.2) is 9.59 Å². The molecule has 1 aromatic heterocycles. The monoisotopic (exact) mass is 303 g/mol. The van der Waals surface area contributed by atoms with Gasteiger partial charge in [0.25, 0.3) is 5.56 Å². The maximum atomic E-state index is 12.1. The van der Waals surface area contributed by atoms with Crippen LogP contribution < -0.4 is 5.56 Å². The van der Waals surface area contributed by atoms with Crippen LogP contribution in [0.25, 0.3) is 5.69 Å². The molecule has 0 amide bonds. The smallest absolute Gasteiger partial charge is 0.337 e. The number of ether oxygens (including phenoxy) is 1. The van der Waals surface area contributed by atoms with Crippen molar-refractivity contribution in [3.05, 3.63) is 57.5 Å². The predicted molar refractivity (Wildman–Crippen MR) is 76.7 cm³/mol. The van der Waals surface area contributed by atoms with Crippen molar-refractivity contribution in [2.24, 2.45) is 0 Å². The van der Waals surface area contributed by atoms with Crippen molar-refractivity contribution >= 4 is 11.9 Å². The number of esters is 1. The van der Waals surface area contributed by atoms with Gasteiger partial charge in [0, 0.05) is 11.8 Å². The van der Waals surface area contributed by atoms with E-state index >= 15 is 0 Å². The van der Waals surface area contributed by atoms with Gasteiger partial charge in [0.05, 0.1) is 23.9 Å². The first-order valence-corrected chi connectivity index (χ1v) is 6.24. The number of benzene rings is 1. The lowest BCUT2D eigenvalue weighted by atomic mass is 10.1. The molecule has 0 saturated heterocycles. The molecule has 22 heavy (non-hydrogen) atoms. The molecule has 0 bridgehead atoms. The molecular formula is C15H13NO6. The minimum absolute atomic E-state index is 0.0258. The molecule has 7 heteroatoms. The lowest BCUT2D eigenvalue weighted by Crippen LogP contribution is -2.22. The van der Waals surface area contributed by atoms with Crippen LogP contribution in [-0.2, 0) is 4.74 Å². The SMILES string of the molecule is COC(=O)c1ccc(C(=O)O)c(-n2c(C)cc(O)cc2=O)c1. The Morgan fingerprint density at radius 2 is 1.86 bits per heavy atom. The number of hydrogen-bond donors (Lipinski definition) is 2. The van der Waals surface area contributed by atoms with E-state index in [1.807, 2.05) is 0 Å². The molecule has 0 aliphatic carbocycles. The Balaban J connectivity index is 2.80. The van der Waals surface area contributed by atoms with Gasteiger partial charge in [-0.15, -0.1) is 0 Å². The third kappa shape index (κ3) is 2.69. The largest absolute Gasteiger partial charge is 0.508 e. The highest BCUT2D eigenvalue weighted by atomic mass is 16.5. The number of carboxylic acids is 1. The van der Waals surface area contributed by atoms with Gasteiger partial charge in [0.2, 0.25) is 0 Å². The van der Waals surface area contributed by atoms with Crippen LogP contribution in [-0.4, -0.2) is 33.8 Å². The van der Waals surface area contributed by atoms with Gasteiger partial charge >= 0.3 is 11.9 Å². The summed E-state index contributed by atoms with van der Waals surface area (Å²) in [6.07, 6.45) is 0. The Bertz CT molecular complexity index is 821. The highest BCUT2D eigenvalue weighted by Gasteiger charge is 2.18. The normalized spacial score (nSPS) is 10.3. The van der Waals surface area contributed by atoms with Crippen LogP contribution in [0.1, 0.15) is 26.4 Å². The van der Waals surface area contributed by atoms with Gasteiger partial charge in [-0.1, -0.05) is 0 Å². The number of carbonyl (C=O) groups excluding carboxylic acids is 1. The van der Waals surface area contributed by atoms with Gasteiger partial charge in [-0.05, 0) is 31.2 Å². The predicted octanol–water partition coefficient (Wildman–Crippen LogP) is 1.34. The van der Waals surface area contributed by atoms with Crippen LogP contribution in [0, 0.1) is 6.92 Å². The zero-order valence-corrected chi connectivity index (χ0v) is 11.9. The van der Waals surface area contributed by atoms with Crippen molar-refractivity contribution in [1.82, 2.24) is 4.57 Å². The summed E-state index contributed by atoms with van der Waals surface area (Å²) in [6, 6.07) is 6.07. The number of carboxylic acid groups (broad SMARTS) is 1. The number of pyridine rings is 1. The average molecular weight is 303 g/mol. The van der Waals surface area contributed by atoms with Gasteiger partial charge < -0.3 is 14.9 Å².